The van der Waals surface area contributed by atoms with Crippen LogP contribution in [-0.2, 0) is 0 Å². The Kier molecular flexibility index (Phi) is 5.41. The molecular weight excluding hydrogens is 174 g/mol. The van der Waals surface area contributed by atoms with Crippen molar-refractivity contribution in [3.63, 3.8) is 0 Å². The summed E-state index contributed by atoms with van der Waals surface area (Å²) in [6.07, 6.45) is 6.74. The Labute approximate surface area is 86.0 Å². The van der Waals surface area contributed by atoms with E-state index in [4.69, 9.17) is 11.6 Å². The van der Waals surface area contributed by atoms with Crippen LogP contribution in [0.5, 0.6) is 0 Å². The van der Waals surface area contributed by atoms with Crippen LogP contribution in [0.3, 0.4) is 0 Å². The van der Waals surface area contributed by atoms with Crippen LogP contribution in [0, 0.1) is 0 Å². The van der Waals surface area contributed by atoms with E-state index in [-0.39, 0.29) is 0 Å². The van der Waals surface area contributed by atoms with Crippen molar-refractivity contribution >= 4 is 0 Å². The normalized spacial score (nSPS) is 12.3. The van der Waals surface area contributed by atoms with Crippen LogP contribution in [0.25, 0.3) is 0 Å². The maximum atomic E-state index is 5.77. The summed E-state index contributed by atoms with van der Waals surface area (Å²) in [4.78, 5) is 0. The zero-order chi connectivity index (χ0) is 11.1. The van der Waals surface area contributed by atoms with Gasteiger partial charge < -0.3 is 5.73 Å². The van der Waals surface area contributed by atoms with E-state index in [1.54, 1.807) is 12.3 Å². The van der Waals surface area contributed by atoms with Crippen LogP contribution in [0.2, 0.25) is 0 Å². The van der Waals surface area contributed by atoms with Gasteiger partial charge in [-0.05, 0) is 32.4 Å². The Morgan fingerprint density at radius 2 is 1.86 bits per heavy atom. The second kappa shape index (κ2) is 6.05. The molecule has 0 saturated heterocycles. The minimum absolute atomic E-state index is 0.890. The first kappa shape index (κ1) is 12.5. The molecule has 0 aliphatic carbocycles. The second-order valence-corrected chi connectivity index (χ2v) is 3.24. The van der Waals surface area contributed by atoms with Gasteiger partial charge in [0, 0.05) is 12.4 Å². The van der Waals surface area contributed by atoms with E-state index in [0.717, 1.165) is 11.3 Å². The lowest BCUT2D eigenvalue weighted by atomic mass is 10.1. The minimum Gasteiger partial charge on any atom is -0.403 e. The molecule has 0 atom stereocenters. The highest BCUT2D eigenvalue weighted by Crippen LogP contribution is 2.12. The lowest BCUT2D eigenvalue weighted by Gasteiger charge is -2.17. The van der Waals surface area contributed by atoms with Gasteiger partial charge in [0.05, 0.1) is 5.70 Å². The number of allylic oxidation sites excluding steroid dienone is 4. The number of rotatable bonds is 4. The maximum Gasteiger partial charge on any atom is 0.0597 e. The molecule has 0 saturated carbocycles. The molecule has 0 radical (unpaired) electrons. The van der Waals surface area contributed by atoms with Gasteiger partial charge in [-0.15, -0.1) is 0 Å². The summed E-state index contributed by atoms with van der Waals surface area (Å²) in [5.41, 5.74) is 8.33. The third-order valence-corrected chi connectivity index (χ3v) is 1.66. The fourth-order valence-corrected chi connectivity index (χ4v) is 0.943. The van der Waals surface area contributed by atoms with Gasteiger partial charge in [0.15, 0.2) is 0 Å². The predicted molar refractivity (Wildman–Crippen MR) is 61.7 cm³/mol. The van der Waals surface area contributed by atoms with Crippen LogP contribution in [0.4, 0.5) is 0 Å². The highest BCUT2D eigenvalue weighted by Gasteiger charge is 2.01. The fourth-order valence-electron chi connectivity index (χ4n) is 0.943. The molecule has 14 heavy (non-hydrogen) atoms. The van der Waals surface area contributed by atoms with E-state index in [2.05, 4.69) is 6.58 Å². The first-order chi connectivity index (χ1) is 6.52. The Morgan fingerprint density at radius 1 is 1.29 bits per heavy atom. The summed E-state index contributed by atoms with van der Waals surface area (Å²) >= 11 is 0. The molecule has 0 rings (SSSR count). The standard InChI is InChI=1S/C11H19N3/c1-5-10(4)11(8-9(2)3)14(13)7-6-12/h5-8H,1,12-13H2,2-4H3/b7-6-,11-10+. The molecule has 0 aromatic rings. The Hall–Kier alpha value is -1.48. The summed E-state index contributed by atoms with van der Waals surface area (Å²) in [5.74, 6) is 5.77. The van der Waals surface area contributed by atoms with Crippen LogP contribution in [0.1, 0.15) is 20.8 Å². The molecule has 0 aromatic heterocycles. The van der Waals surface area contributed by atoms with Crippen LogP contribution < -0.4 is 11.6 Å². The Morgan fingerprint density at radius 3 is 2.21 bits per heavy atom. The van der Waals surface area contributed by atoms with Crippen LogP contribution in [-0.4, -0.2) is 5.01 Å². The van der Waals surface area contributed by atoms with Gasteiger partial charge in [0.2, 0.25) is 0 Å². The molecule has 78 valence electrons. The molecule has 0 heterocycles. The second-order valence-electron chi connectivity index (χ2n) is 3.24. The topological polar surface area (TPSA) is 55.3 Å². The van der Waals surface area contributed by atoms with Gasteiger partial charge in [-0.3, -0.25) is 5.01 Å². The molecule has 0 spiro atoms. The number of hydrogen-bond donors (Lipinski definition) is 2. The van der Waals surface area contributed by atoms with Crippen molar-refractivity contribution in [2.75, 3.05) is 0 Å². The van der Waals surface area contributed by atoms with Gasteiger partial charge in [-0.1, -0.05) is 18.2 Å². The smallest absolute Gasteiger partial charge is 0.0597 e. The molecule has 3 heteroatoms. The molecule has 0 fully saturated rings. The van der Waals surface area contributed by atoms with E-state index < -0.39 is 0 Å². The number of hydrazine groups is 1. The first-order valence-corrected chi connectivity index (χ1v) is 4.43. The molecule has 0 aromatic carbocycles. The third-order valence-electron chi connectivity index (χ3n) is 1.66. The van der Waals surface area contributed by atoms with Gasteiger partial charge >= 0.3 is 0 Å². The van der Waals surface area contributed by atoms with E-state index >= 15 is 0 Å². The third kappa shape index (κ3) is 3.96. The molecule has 0 aliphatic rings. The van der Waals surface area contributed by atoms with E-state index in [1.807, 2.05) is 26.8 Å². The summed E-state index contributed by atoms with van der Waals surface area (Å²) in [6.45, 7) is 9.68. The number of nitrogens with zero attached hydrogens (tertiary/aromatic N) is 1. The molecule has 0 amide bonds. The summed E-state index contributed by atoms with van der Waals surface area (Å²) in [5, 5.41) is 1.48. The van der Waals surface area contributed by atoms with Crippen molar-refractivity contribution in [2.45, 2.75) is 20.8 Å². The number of hydrogen-bond acceptors (Lipinski definition) is 3. The highest BCUT2D eigenvalue weighted by atomic mass is 15.4. The average molecular weight is 193 g/mol. The van der Waals surface area contributed by atoms with E-state index in [0.29, 0.717) is 0 Å². The van der Waals surface area contributed by atoms with Gasteiger partial charge in [-0.25, -0.2) is 5.84 Å². The summed E-state index contributed by atoms with van der Waals surface area (Å²) in [7, 11) is 0. The van der Waals surface area contributed by atoms with Crippen molar-refractivity contribution in [1.29, 1.82) is 0 Å². The van der Waals surface area contributed by atoms with Crippen molar-refractivity contribution in [1.82, 2.24) is 5.01 Å². The van der Waals surface area contributed by atoms with Gasteiger partial charge in [0.25, 0.3) is 0 Å². The zero-order valence-corrected chi connectivity index (χ0v) is 9.12. The average Bonchev–Trinajstić information content (AvgIpc) is 2.13. The molecule has 0 bridgehead atoms. The fraction of sp³-hybridized carbons (Fsp3) is 0.273. The molecule has 0 unspecified atom stereocenters. The maximum absolute atomic E-state index is 5.77. The van der Waals surface area contributed by atoms with E-state index in [1.165, 1.54) is 16.8 Å². The molecule has 4 N–H and O–H groups in total. The minimum atomic E-state index is 0.890. The van der Waals surface area contributed by atoms with E-state index in [9.17, 15) is 0 Å². The molecular formula is C11H19N3. The first-order valence-electron chi connectivity index (χ1n) is 4.43. The van der Waals surface area contributed by atoms with Crippen molar-refractivity contribution in [3.05, 3.63) is 48.0 Å². The Bertz CT molecular complexity index is 281. The summed E-state index contributed by atoms with van der Waals surface area (Å²) in [6, 6.07) is 0. The molecule has 3 nitrogen and oxygen atoms in total. The van der Waals surface area contributed by atoms with Crippen molar-refractivity contribution in [3.8, 4) is 0 Å². The SMILES string of the molecule is C=C/C(C)=C(\C=C(C)C)N(N)/C=C\N. The highest BCUT2D eigenvalue weighted by molar-refractivity contribution is 5.32. The quantitative estimate of drug-likeness (QED) is 0.408. The summed E-state index contributed by atoms with van der Waals surface area (Å²) < 4.78 is 0. The number of nitrogens with two attached hydrogens (primary N) is 2. The van der Waals surface area contributed by atoms with Gasteiger partial charge in [0.1, 0.15) is 0 Å². The Balaban J connectivity index is 5.11. The van der Waals surface area contributed by atoms with Crippen molar-refractivity contribution in [2.24, 2.45) is 11.6 Å². The molecule has 0 aliphatic heterocycles. The monoisotopic (exact) mass is 193 g/mol. The lowest BCUT2D eigenvalue weighted by molar-refractivity contribution is 0.502. The predicted octanol–water partition coefficient (Wildman–Crippen LogP) is 2.02. The van der Waals surface area contributed by atoms with Crippen LogP contribution in [0.15, 0.2) is 48.0 Å². The zero-order valence-electron chi connectivity index (χ0n) is 9.12. The van der Waals surface area contributed by atoms with Gasteiger partial charge in [-0.2, -0.15) is 0 Å². The van der Waals surface area contributed by atoms with Crippen molar-refractivity contribution < 1.29 is 0 Å². The lowest BCUT2D eigenvalue weighted by Crippen LogP contribution is -2.24. The van der Waals surface area contributed by atoms with Crippen LogP contribution >= 0.6 is 0 Å². The largest absolute Gasteiger partial charge is 0.403 e.